The minimum Gasteiger partial charge on any atom is -0.549 e. The van der Waals surface area contributed by atoms with E-state index in [2.05, 4.69) is 20.4 Å². The molecular formula is C18H23N11O5S3. The molecule has 2 fully saturated rings. The van der Waals surface area contributed by atoms with Gasteiger partial charge in [0, 0.05) is 28.8 Å². The van der Waals surface area contributed by atoms with E-state index in [-0.39, 0.29) is 57.1 Å². The van der Waals surface area contributed by atoms with Crippen LogP contribution in [0.1, 0.15) is 5.69 Å². The Kier molecular flexibility index (Phi) is 7.11. The predicted octanol–water partition coefficient (Wildman–Crippen LogP) is -3.85. The summed E-state index contributed by atoms with van der Waals surface area (Å²) in [5.74, 6) is 3.39. The molecule has 2 aliphatic rings. The Labute approximate surface area is 221 Å². The first kappa shape index (κ1) is 26.4. The second-order valence-electron chi connectivity index (χ2n) is 8.12. The first-order valence-electron chi connectivity index (χ1n) is 10.4. The maximum absolute atomic E-state index is 12.9. The molecule has 0 aliphatic carbocycles. The fourth-order valence-corrected chi connectivity index (χ4v) is 7.01. The number of hydrogen-bond acceptors (Lipinski definition) is 16. The summed E-state index contributed by atoms with van der Waals surface area (Å²) in [6.07, 6.45) is 0. The van der Waals surface area contributed by atoms with Gasteiger partial charge in [-0.3, -0.25) is 15.4 Å². The number of nitrogens with one attached hydrogen (secondary N) is 1. The van der Waals surface area contributed by atoms with Crippen LogP contribution < -0.4 is 43.9 Å². The third-order valence-electron chi connectivity index (χ3n) is 5.74. The van der Waals surface area contributed by atoms with E-state index in [0.29, 0.717) is 0 Å². The van der Waals surface area contributed by atoms with Gasteiger partial charge in [-0.1, -0.05) is 10.1 Å². The van der Waals surface area contributed by atoms with Crippen molar-refractivity contribution >= 4 is 80.8 Å². The number of carboxylic acids is 1. The van der Waals surface area contributed by atoms with Crippen LogP contribution in [0, 0.1) is 5.41 Å². The molecule has 2 aromatic heterocycles. The van der Waals surface area contributed by atoms with Crippen molar-refractivity contribution in [3.05, 3.63) is 11.1 Å². The monoisotopic (exact) mass is 569 g/mol. The molecule has 0 aromatic carbocycles. The zero-order valence-electron chi connectivity index (χ0n) is 19.2. The van der Waals surface area contributed by atoms with Gasteiger partial charge in [-0.05, 0) is 11.8 Å². The number of anilines is 4. The summed E-state index contributed by atoms with van der Waals surface area (Å²) in [5, 5.41) is 20.0. The number of thioether (sulfide) groups is 2. The Morgan fingerprint density at radius 3 is 2.73 bits per heavy atom. The highest BCUT2D eigenvalue weighted by Gasteiger charge is 2.56. The van der Waals surface area contributed by atoms with Gasteiger partial charge in [-0.25, -0.2) is 4.98 Å². The first-order chi connectivity index (χ1) is 17.5. The van der Waals surface area contributed by atoms with E-state index >= 15 is 0 Å². The number of nitrogens with two attached hydrogens (primary N) is 5. The predicted molar refractivity (Wildman–Crippen MR) is 136 cm³/mol. The molecule has 0 saturated carbocycles. The molecule has 16 nitrogen and oxygen atoms in total. The molecule has 2 aliphatic heterocycles. The van der Waals surface area contributed by atoms with Crippen molar-refractivity contribution < 1.29 is 29.0 Å². The number of thiazole rings is 1. The topological polar surface area (TPSA) is 271 Å². The normalized spacial score (nSPS) is 23.2. The third-order valence-corrected chi connectivity index (χ3v) is 9.24. The maximum atomic E-state index is 12.9. The SMILES string of the molecule is CON=C(C(=O)NC1C(=O)N2CC(CSc3nc(N)c(N)c(N)[n+]3N)(C(=O)[O-])CS[C@H]12)c1csc(N)n1. The Morgan fingerprint density at radius 2 is 2.11 bits per heavy atom. The zero-order valence-corrected chi connectivity index (χ0v) is 21.7. The van der Waals surface area contributed by atoms with Gasteiger partial charge in [-0.15, -0.1) is 27.8 Å². The Balaban J connectivity index is 1.45. The lowest BCUT2D eigenvalue weighted by Crippen LogP contribution is -2.75. The molecule has 4 rings (SSSR count). The van der Waals surface area contributed by atoms with E-state index in [4.69, 9.17) is 33.6 Å². The van der Waals surface area contributed by atoms with Crippen molar-refractivity contribution in [2.45, 2.75) is 16.6 Å². The van der Waals surface area contributed by atoms with Crippen LogP contribution in [-0.2, 0) is 19.2 Å². The van der Waals surface area contributed by atoms with Crippen LogP contribution in [0.2, 0.25) is 0 Å². The Morgan fingerprint density at radius 1 is 1.38 bits per heavy atom. The average molecular weight is 570 g/mol. The number of carboxylic acid groups (broad SMARTS) is 1. The summed E-state index contributed by atoms with van der Waals surface area (Å²) in [6.45, 7) is -0.142. The molecule has 0 radical (unpaired) electrons. The third kappa shape index (κ3) is 4.71. The first-order valence-corrected chi connectivity index (χ1v) is 13.3. The molecular weight excluding hydrogens is 546 g/mol. The van der Waals surface area contributed by atoms with Crippen LogP contribution in [-0.4, -0.2) is 74.9 Å². The highest BCUT2D eigenvalue weighted by atomic mass is 32.2. The molecule has 198 valence electrons. The van der Waals surface area contributed by atoms with Crippen molar-refractivity contribution in [3.63, 3.8) is 0 Å². The number of oxime groups is 1. The lowest BCUT2D eigenvalue weighted by molar-refractivity contribution is -0.667. The number of nitrogen functional groups attached to an aromatic ring is 5. The summed E-state index contributed by atoms with van der Waals surface area (Å²) in [6, 6.07) is -0.896. The molecule has 4 heterocycles. The van der Waals surface area contributed by atoms with Gasteiger partial charge in [0.15, 0.2) is 16.5 Å². The van der Waals surface area contributed by atoms with Crippen molar-refractivity contribution in [2.75, 3.05) is 53.9 Å². The lowest BCUT2D eigenvalue weighted by atomic mass is 9.89. The van der Waals surface area contributed by atoms with Gasteiger partial charge in [0.2, 0.25) is 11.7 Å². The number of nitrogens with zero attached hydrogens (tertiary/aromatic N) is 5. The van der Waals surface area contributed by atoms with E-state index in [1.165, 1.54) is 29.2 Å². The number of aromatic nitrogens is 3. The van der Waals surface area contributed by atoms with Crippen molar-refractivity contribution in [1.82, 2.24) is 20.2 Å². The van der Waals surface area contributed by atoms with E-state index < -0.39 is 34.6 Å². The molecule has 2 aromatic rings. The highest BCUT2D eigenvalue weighted by molar-refractivity contribution is 8.00. The van der Waals surface area contributed by atoms with Crippen molar-refractivity contribution in [2.24, 2.45) is 10.6 Å². The van der Waals surface area contributed by atoms with Gasteiger partial charge in [0.1, 0.15) is 24.2 Å². The number of carbonyl (C=O) groups is 3. The standard InChI is InChI=1S/C18H23N11O5S3/c1-34-27-8(6-2-35-16(22)24-6)12(30)25-9-13(31)28-3-18(15(32)33,4-36-14(9)28)5-37-17-26-10(20)7(19)11(21)29(17)23/h2,9,14H,3-5,23H2,1H3,(H9,19,20,21,22,24,25,27,30,32,33)/t9?,14-,18?/m1/s1. The van der Waals surface area contributed by atoms with Gasteiger partial charge in [0.05, 0.1) is 5.97 Å². The second-order valence-corrected chi connectivity index (χ2v) is 11.1. The summed E-state index contributed by atoms with van der Waals surface area (Å²) >= 11 is 3.30. The van der Waals surface area contributed by atoms with E-state index in [9.17, 15) is 19.5 Å². The van der Waals surface area contributed by atoms with Crippen LogP contribution in [0.5, 0.6) is 0 Å². The quantitative estimate of drug-likeness (QED) is 0.0338. The minimum atomic E-state index is -1.43. The molecule has 2 amide bonds. The molecule has 37 heavy (non-hydrogen) atoms. The fourth-order valence-electron chi connectivity index (χ4n) is 3.68. The summed E-state index contributed by atoms with van der Waals surface area (Å²) in [4.78, 5) is 52.2. The van der Waals surface area contributed by atoms with Crippen molar-refractivity contribution in [1.29, 1.82) is 0 Å². The lowest BCUT2D eigenvalue weighted by Gasteiger charge is -2.55. The van der Waals surface area contributed by atoms with Crippen LogP contribution in [0.3, 0.4) is 0 Å². The second kappa shape index (κ2) is 9.98. The molecule has 0 spiro atoms. The minimum absolute atomic E-state index is 0.00809. The molecule has 19 heteroatoms. The van der Waals surface area contributed by atoms with Gasteiger partial charge in [0.25, 0.3) is 11.7 Å². The van der Waals surface area contributed by atoms with Crippen LogP contribution in [0.25, 0.3) is 0 Å². The molecule has 0 bridgehead atoms. The number of carbonyl (C=O) groups excluding carboxylic acids is 3. The van der Waals surface area contributed by atoms with Crippen molar-refractivity contribution in [3.8, 4) is 0 Å². The van der Waals surface area contributed by atoms with Gasteiger partial charge >= 0.3 is 5.16 Å². The van der Waals surface area contributed by atoms with E-state index in [0.717, 1.165) is 27.8 Å². The number of fused-ring (bicyclic) bond motifs is 1. The number of β-lactam (4-membered cyclic amide) rings is 1. The molecule has 2 unspecified atom stereocenters. The number of amides is 2. The average Bonchev–Trinajstić information content (AvgIpc) is 3.31. The maximum Gasteiger partial charge on any atom is 0.322 e. The van der Waals surface area contributed by atoms with E-state index in [1.807, 2.05) is 0 Å². The van der Waals surface area contributed by atoms with Crippen LogP contribution in [0.4, 0.5) is 22.5 Å². The summed E-state index contributed by atoms with van der Waals surface area (Å²) in [5.41, 5.74) is 21.5. The smallest absolute Gasteiger partial charge is 0.322 e. The number of rotatable bonds is 8. The summed E-state index contributed by atoms with van der Waals surface area (Å²) < 4.78 is 1.01. The van der Waals surface area contributed by atoms with Crippen LogP contribution >= 0.6 is 34.9 Å². The van der Waals surface area contributed by atoms with Gasteiger partial charge < -0.3 is 47.9 Å². The van der Waals surface area contributed by atoms with Gasteiger partial charge in [-0.2, -0.15) is 0 Å². The number of hydrogen-bond donors (Lipinski definition) is 6. The van der Waals surface area contributed by atoms with Crippen LogP contribution in [0.15, 0.2) is 15.7 Å². The molecule has 2 saturated heterocycles. The largest absolute Gasteiger partial charge is 0.549 e. The molecule has 3 atom stereocenters. The van der Waals surface area contributed by atoms with E-state index in [1.54, 1.807) is 0 Å². The molecule has 11 N–H and O–H groups in total. The number of aliphatic carboxylic acids is 1. The summed E-state index contributed by atoms with van der Waals surface area (Å²) in [7, 11) is 1.27. The Hall–Kier alpha value is -3.71. The zero-order chi connectivity index (χ0) is 27.1. The fraction of sp³-hybridized carbons (Fsp3) is 0.389. The highest BCUT2D eigenvalue weighted by Crippen LogP contribution is 2.44. The Bertz CT molecular complexity index is 1300.